The first-order valence-electron chi connectivity index (χ1n) is 11.5. The van der Waals surface area contributed by atoms with Crippen molar-refractivity contribution >= 4 is 0 Å². The van der Waals surface area contributed by atoms with Crippen molar-refractivity contribution in [2.24, 2.45) is 5.92 Å². The lowest BCUT2D eigenvalue weighted by Gasteiger charge is -2.14. The second-order valence-electron chi connectivity index (χ2n) is 7.79. The van der Waals surface area contributed by atoms with Gasteiger partial charge in [-0.1, -0.05) is 123 Å². The van der Waals surface area contributed by atoms with Crippen molar-refractivity contribution in [1.29, 1.82) is 0 Å². The van der Waals surface area contributed by atoms with Gasteiger partial charge in [-0.05, 0) is 31.6 Å². The van der Waals surface area contributed by atoms with Gasteiger partial charge in [0.05, 0.1) is 0 Å². The van der Waals surface area contributed by atoms with Crippen LogP contribution >= 0.6 is 0 Å². The molecule has 144 valence electrons. The zero-order valence-corrected chi connectivity index (χ0v) is 17.5. The summed E-state index contributed by atoms with van der Waals surface area (Å²) in [6, 6.07) is 0. The maximum Gasteiger partial charge on any atom is -0.0351 e. The van der Waals surface area contributed by atoms with Crippen LogP contribution in [-0.4, -0.2) is 0 Å². The predicted molar refractivity (Wildman–Crippen MR) is 113 cm³/mol. The fourth-order valence-corrected chi connectivity index (χ4v) is 3.57. The van der Waals surface area contributed by atoms with Crippen molar-refractivity contribution in [3.8, 4) is 0 Å². The highest BCUT2D eigenvalue weighted by atomic mass is 14.1. The summed E-state index contributed by atoms with van der Waals surface area (Å²) in [5, 5.41) is 0. The molecule has 1 atom stereocenters. The molecule has 0 spiro atoms. The lowest BCUT2D eigenvalue weighted by Crippen LogP contribution is -1.98. The Balaban J connectivity index is 3.38. The van der Waals surface area contributed by atoms with Crippen LogP contribution in [0.1, 0.15) is 136 Å². The van der Waals surface area contributed by atoms with Crippen LogP contribution in [-0.2, 0) is 0 Å². The summed E-state index contributed by atoms with van der Waals surface area (Å²) in [6.07, 6.45) is 30.4. The van der Waals surface area contributed by atoms with E-state index in [0.29, 0.717) is 0 Å². The zero-order chi connectivity index (χ0) is 17.7. The van der Waals surface area contributed by atoms with E-state index in [0.717, 1.165) is 5.92 Å². The van der Waals surface area contributed by atoms with Crippen molar-refractivity contribution in [2.45, 2.75) is 136 Å². The second-order valence-corrected chi connectivity index (χ2v) is 7.79. The van der Waals surface area contributed by atoms with Gasteiger partial charge in [-0.3, -0.25) is 0 Å². The maximum atomic E-state index is 2.44. The summed E-state index contributed by atoms with van der Waals surface area (Å²) in [6.45, 7) is 6.98. The normalized spacial score (nSPS) is 13.0. The molecule has 0 saturated heterocycles. The van der Waals surface area contributed by atoms with E-state index in [1.165, 1.54) is 116 Å². The maximum absolute atomic E-state index is 2.44. The summed E-state index contributed by atoms with van der Waals surface area (Å²) in [4.78, 5) is 0. The first-order chi connectivity index (χ1) is 11.8. The van der Waals surface area contributed by atoms with Crippen LogP contribution in [0.3, 0.4) is 0 Å². The molecule has 0 fully saturated rings. The number of allylic oxidation sites excluding steroid dienone is 2. The monoisotopic (exact) mass is 336 g/mol. The lowest BCUT2D eigenvalue weighted by atomic mass is 9.92. The topological polar surface area (TPSA) is 0 Å². The van der Waals surface area contributed by atoms with Crippen molar-refractivity contribution in [1.82, 2.24) is 0 Å². The number of hydrogen-bond acceptors (Lipinski definition) is 0. The van der Waals surface area contributed by atoms with E-state index in [9.17, 15) is 0 Å². The molecule has 24 heavy (non-hydrogen) atoms. The van der Waals surface area contributed by atoms with E-state index in [1.54, 1.807) is 0 Å². The Hall–Kier alpha value is -0.260. The van der Waals surface area contributed by atoms with E-state index >= 15 is 0 Å². The summed E-state index contributed by atoms with van der Waals surface area (Å²) >= 11 is 0. The van der Waals surface area contributed by atoms with Crippen LogP contribution in [0, 0.1) is 5.92 Å². The van der Waals surface area contributed by atoms with Gasteiger partial charge in [0, 0.05) is 0 Å². The molecule has 0 heteroatoms. The van der Waals surface area contributed by atoms with Crippen LogP contribution in [0.2, 0.25) is 0 Å². The van der Waals surface area contributed by atoms with Gasteiger partial charge < -0.3 is 0 Å². The smallest absolute Gasteiger partial charge is 0.0351 e. The van der Waals surface area contributed by atoms with Crippen molar-refractivity contribution in [3.63, 3.8) is 0 Å². The van der Waals surface area contributed by atoms with Gasteiger partial charge in [-0.25, -0.2) is 0 Å². The molecule has 0 amide bonds. The molecule has 0 rings (SSSR count). The fourth-order valence-electron chi connectivity index (χ4n) is 3.57. The SMILES string of the molecule is CCCCCCC/C=C/CCCC(CC)CCCCCCCCC. The molecule has 0 aliphatic carbocycles. The molecule has 0 radical (unpaired) electrons. The summed E-state index contributed by atoms with van der Waals surface area (Å²) < 4.78 is 0. The molecule has 0 aliphatic heterocycles. The van der Waals surface area contributed by atoms with Crippen molar-refractivity contribution in [3.05, 3.63) is 12.2 Å². The first-order valence-corrected chi connectivity index (χ1v) is 11.5. The van der Waals surface area contributed by atoms with E-state index in [1.807, 2.05) is 0 Å². The zero-order valence-electron chi connectivity index (χ0n) is 17.5. The Morgan fingerprint density at radius 1 is 0.500 bits per heavy atom. The average molecular weight is 337 g/mol. The minimum absolute atomic E-state index is 0.989. The number of rotatable bonds is 19. The average Bonchev–Trinajstić information content (AvgIpc) is 2.60. The van der Waals surface area contributed by atoms with Crippen LogP contribution < -0.4 is 0 Å². The molecule has 0 N–H and O–H groups in total. The number of hydrogen-bond donors (Lipinski definition) is 0. The Kier molecular flexibility index (Phi) is 20.6. The highest BCUT2D eigenvalue weighted by Crippen LogP contribution is 2.21. The Morgan fingerprint density at radius 3 is 1.54 bits per heavy atom. The quantitative estimate of drug-likeness (QED) is 0.163. The van der Waals surface area contributed by atoms with E-state index < -0.39 is 0 Å². The van der Waals surface area contributed by atoms with Crippen molar-refractivity contribution < 1.29 is 0 Å². The van der Waals surface area contributed by atoms with Crippen LogP contribution in [0.5, 0.6) is 0 Å². The second kappa shape index (κ2) is 20.8. The highest BCUT2D eigenvalue weighted by Gasteiger charge is 2.05. The Bertz CT molecular complexity index is 240. The van der Waals surface area contributed by atoms with Gasteiger partial charge in [0.15, 0.2) is 0 Å². The molecular formula is C24H48. The Labute approximate surface area is 154 Å². The molecular weight excluding hydrogens is 288 g/mol. The molecule has 0 aromatic rings. The predicted octanol–water partition coefficient (Wildman–Crippen LogP) is 9.24. The summed E-state index contributed by atoms with van der Waals surface area (Å²) in [7, 11) is 0. The van der Waals surface area contributed by atoms with Crippen LogP contribution in [0.4, 0.5) is 0 Å². The molecule has 0 saturated carbocycles. The summed E-state index contributed by atoms with van der Waals surface area (Å²) in [5.41, 5.74) is 0. The molecule has 0 bridgehead atoms. The molecule has 0 aromatic carbocycles. The van der Waals surface area contributed by atoms with Crippen LogP contribution in [0.15, 0.2) is 12.2 Å². The first kappa shape index (κ1) is 23.7. The van der Waals surface area contributed by atoms with Gasteiger partial charge in [0.25, 0.3) is 0 Å². The Morgan fingerprint density at radius 2 is 0.958 bits per heavy atom. The summed E-state index contributed by atoms with van der Waals surface area (Å²) in [5.74, 6) is 0.989. The van der Waals surface area contributed by atoms with Gasteiger partial charge in [-0.15, -0.1) is 0 Å². The third kappa shape index (κ3) is 18.1. The van der Waals surface area contributed by atoms with Gasteiger partial charge in [0.2, 0.25) is 0 Å². The van der Waals surface area contributed by atoms with E-state index in [4.69, 9.17) is 0 Å². The number of unbranched alkanes of at least 4 members (excludes halogenated alkanes) is 12. The fraction of sp³-hybridized carbons (Fsp3) is 0.917. The molecule has 0 heterocycles. The molecule has 0 aromatic heterocycles. The van der Waals surface area contributed by atoms with Crippen LogP contribution in [0.25, 0.3) is 0 Å². The third-order valence-electron chi connectivity index (χ3n) is 5.42. The van der Waals surface area contributed by atoms with Gasteiger partial charge in [0.1, 0.15) is 0 Å². The molecule has 0 aliphatic rings. The standard InChI is InChI=1S/C24H48/c1-4-7-9-11-13-14-15-17-19-21-23-24(6-3)22-20-18-16-12-10-8-5-2/h15,17,24H,4-14,16,18-23H2,1-3H3/b17-15+. The minimum atomic E-state index is 0.989. The minimum Gasteiger partial charge on any atom is -0.0885 e. The van der Waals surface area contributed by atoms with Crippen molar-refractivity contribution in [2.75, 3.05) is 0 Å². The molecule has 1 unspecified atom stereocenters. The molecule has 0 nitrogen and oxygen atoms in total. The van der Waals surface area contributed by atoms with E-state index in [2.05, 4.69) is 32.9 Å². The lowest BCUT2D eigenvalue weighted by molar-refractivity contribution is 0.402. The third-order valence-corrected chi connectivity index (χ3v) is 5.42. The van der Waals surface area contributed by atoms with E-state index in [-0.39, 0.29) is 0 Å². The highest BCUT2D eigenvalue weighted by molar-refractivity contribution is 4.81. The largest absolute Gasteiger partial charge is 0.0885 e. The van der Waals surface area contributed by atoms with Gasteiger partial charge >= 0.3 is 0 Å². The van der Waals surface area contributed by atoms with Gasteiger partial charge in [-0.2, -0.15) is 0 Å².